The normalized spacial score (nSPS) is 11.6. The molecule has 1 atom stereocenters. The van der Waals surface area contributed by atoms with Crippen molar-refractivity contribution in [3.05, 3.63) is 106 Å². The Hall–Kier alpha value is -2.62. The van der Waals surface area contributed by atoms with Gasteiger partial charge in [-0.2, -0.15) is 0 Å². The van der Waals surface area contributed by atoms with Crippen molar-refractivity contribution in [1.29, 1.82) is 0 Å². The van der Waals surface area contributed by atoms with Crippen LogP contribution in [0.3, 0.4) is 0 Å². The number of halogens is 2. The second-order valence-corrected chi connectivity index (χ2v) is 6.45. The predicted octanol–water partition coefficient (Wildman–Crippen LogP) is 5.77. The molecular weight excluding hydrogens is 371 g/mol. The summed E-state index contributed by atoms with van der Waals surface area (Å²) in [4.78, 5) is 25.5. The Morgan fingerprint density at radius 3 is 2.04 bits per heavy atom. The number of rotatable bonds is 5. The molecule has 0 bridgehead atoms. The molecular formula is C21H14Cl2O3. The third kappa shape index (κ3) is 4.31. The number of esters is 1. The lowest BCUT2D eigenvalue weighted by atomic mass is 9.99. The average Bonchev–Trinajstić information content (AvgIpc) is 2.67. The molecule has 0 fully saturated rings. The molecule has 0 saturated heterocycles. The molecule has 3 rings (SSSR count). The fraction of sp³-hybridized carbons (Fsp3) is 0.0476. The van der Waals surface area contributed by atoms with Gasteiger partial charge in [-0.15, -0.1) is 0 Å². The molecule has 26 heavy (non-hydrogen) atoms. The summed E-state index contributed by atoms with van der Waals surface area (Å²) in [6.45, 7) is 0. The fourth-order valence-corrected chi connectivity index (χ4v) is 2.77. The van der Waals surface area contributed by atoms with Crippen molar-refractivity contribution in [2.75, 3.05) is 0 Å². The quantitative estimate of drug-likeness (QED) is 0.413. The molecule has 0 amide bonds. The lowest BCUT2D eigenvalue weighted by molar-refractivity contribution is 0.0280. The van der Waals surface area contributed by atoms with E-state index >= 15 is 0 Å². The lowest BCUT2D eigenvalue weighted by Gasteiger charge is -2.18. The number of carbonyl (C=O) groups excluding carboxylic acids is 2. The van der Waals surface area contributed by atoms with Crippen LogP contribution in [-0.2, 0) is 4.74 Å². The second kappa shape index (κ2) is 8.17. The van der Waals surface area contributed by atoms with E-state index in [-0.39, 0.29) is 11.3 Å². The number of carbonyl (C=O) groups is 2. The maximum atomic E-state index is 12.9. The van der Waals surface area contributed by atoms with Gasteiger partial charge in [0.15, 0.2) is 6.10 Å². The minimum absolute atomic E-state index is 0.275. The van der Waals surface area contributed by atoms with E-state index in [0.717, 1.165) is 0 Å². The summed E-state index contributed by atoms with van der Waals surface area (Å²) in [7, 11) is 0. The minimum Gasteiger partial charge on any atom is -0.445 e. The van der Waals surface area contributed by atoms with Gasteiger partial charge in [0, 0.05) is 21.2 Å². The van der Waals surface area contributed by atoms with Crippen LogP contribution in [0.4, 0.5) is 0 Å². The van der Waals surface area contributed by atoms with E-state index < -0.39 is 12.1 Å². The maximum absolute atomic E-state index is 12.9. The molecule has 0 spiro atoms. The van der Waals surface area contributed by atoms with Gasteiger partial charge in [0.2, 0.25) is 5.78 Å². The molecule has 0 aromatic heterocycles. The first-order valence-corrected chi connectivity index (χ1v) is 8.61. The van der Waals surface area contributed by atoms with Crippen LogP contribution in [0.5, 0.6) is 0 Å². The van der Waals surface area contributed by atoms with E-state index in [2.05, 4.69) is 0 Å². The van der Waals surface area contributed by atoms with E-state index in [1.807, 2.05) is 6.07 Å². The van der Waals surface area contributed by atoms with Crippen molar-refractivity contribution < 1.29 is 14.3 Å². The van der Waals surface area contributed by atoms with Crippen LogP contribution in [0.25, 0.3) is 0 Å². The van der Waals surface area contributed by atoms with E-state index in [9.17, 15) is 9.59 Å². The Balaban J connectivity index is 1.94. The maximum Gasteiger partial charge on any atom is 0.339 e. The van der Waals surface area contributed by atoms with E-state index in [4.69, 9.17) is 27.9 Å². The molecule has 0 radical (unpaired) electrons. The first-order valence-electron chi connectivity index (χ1n) is 7.86. The molecule has 0 heterocycles. The SMILES string of the molecule is O=C(O[C@H](C(=O)c1ccccc1)c1ccc(Cl)cc1)c1cccc(Cl)c1. The molecule has 3 nitrogen and oxygen atoms in total. The van der Waals surface area contributed by atoms with Gasteiger partial charge in [0.25, 0.3) is 0 Å². The Labute approximate surface area is 161 Å². The largest absolute Gasteiger partial charge is 0.445 e. The van der Waals surface area contributed by atoms with Gasteiger partial charge in [-0.3, -0.25) is 4.79 Å². The molecule has 5 heteroatoms. The second-order valence-electron chi connectivity index (χ2n) is 5.58. The van der Waals surface area contributed by atoms with Crippen LogP contribution in [0, 0.1) is 0 Å². The van der Waals surface area contributed by atoms with E-state index in [1.54, 1.807) is 66.7 Å². The van der Waals surface area contributed by atoms with Crippen molar-refractivity contribution in [1.82, 2.24) is 0 Å². The molecule has 0 aliphatic rings. The van der Waals surface area contributed by atoms with Crippen LogP contribution in [-0.4, -0.2) is 11.8 Å². The third-order valence-electron chi connectivity index (χ3n) is 3.75. The van der Waals surface area contributed by atoms with E-state index in [0.29, 0.717) is 21.2 Å². The molecule has 0 saturated carbocycles. The molecule has 0 aliphatic carbocycles. The summed E-state index contributed by atoms with van der Waals surface area (Å²) in [6, 6.07) is 21.7. The number of ketones is 1. The van der Waals surface area contributed by atoms with Gasteiger partial charge < -0.3 is 4.74 Å². The Bertz CT molecular complexity index is 922. The summed E-state index contributed by atoms with van der Waals surface area (Å²) >= 11 is 11.9. The number of benzene rings is 3. The zero-order valence-electron chi connectivity index (χ0n) is 13.6. The molecule has 3 aromatic rings. The summed E-state index contributed by atoms with van der Waals surface area (Å²) in [5, 5.41) is 0.942. The van der Waals surface area contributed by atoms with Crippen molar-refractivity contribution in [3.8, 4) is 0 Å². The van der Waals surface area contributed by atoms with Crippen molar-refractivity contribution in [3.63, 3.8) is 0 Å². The summed E-state index contributed by atoms with van der Waals surface area (Å²) in [5.41, 5.74) is 1.27. The van der Waals surface area contributed by atoms with Gasteiger partial charge in [0.05, 0.1) is 5.56 Å². The van der Waals surface area contributed by atoms with Crippen molar-refractivity contribution in [2.24, 2.45) is 0 Å². The number of Topliss-reactive ketones (excluding diaryl/α,β-unsaturated/α-hetero) is 1. The molecule has 0 N–H and O–H groups in total. The standard InChI is InChI=1S/C21H14Cl2O3/c22-17-11-9-15(10-12-17)20(19(24)14-5-2-1-3-6-14)26-21(25)16-7-4-8-18(23)13-16/h1-13,20H/t20-/m0/s1. The van der Waals surface area contributed by atoms with Gasteiger partial charge in [-0.1, -0.05) is 71.7 Å². The van der Waals surface area contributed by atoms with E-state index in [1.165, 1.54) is 6.07 Å². The van der Waals surface area contributed by atoms with Crippen LogP contribution >= 0.6 is 23.2 Å². The Kier molecular flexibility index (Phi) is 5.71. The fourth-order valence-electron chi connectivity index (χ4n) is 2.45. The van der Waals surface area contributed by atoms with Crippen LogP contribution in [0.1, 0.15) is 32.4 Å². The zero-order chi connectivity index (χ0) is 18.5. The van der Waals surface area contributed by atoms with Gasteiger partial charge in [-0.25, -0.2) is 4.79 Å². The molecule has 130 valence electrons. The Morgan fingerprint density at radius 2 is 1.38 bits per heavy atom. The molecule has 3 aromatic carbocycles. The summed E-state index contributed by atoms with van der Waals surface area (Å²) < 4.78 is 5.54. The first kappa shape index (κ1) is 18.2. The van der Waals surface area contributed by atoms with Crippen molar-refractivity contribution >= 4 is 35.0 Å². The summed E-state index contributed by atoms with van der Waals surface area (Å²) in [6.07, 6.45) is -1.08. The topological polar surface area (TPSA) is 43.4 Å². The van der Waals surface area contributed by atoms with Gasteiger partial charge in [0.1, 0.15) is 0 Å². The number of hydrogen-bond donors (Lipinski definition) is 0. The van der Waals surface area contributed by atoms with Gasteiger partial charge >= 0.3 is 5.97 Å². The lowest BCUT2D eigenvalue weighted by Crippen LogP contribution is -2.20. The average molecular weight is 385 g/mol. The van der Waals surface area contributed by atoms with Crippen LogP contribution < -0.4 is 0 Å². The van der Waals surface area contributed by atoms with Crippen LogP contribution in [0.2, 0.25) is 10.0 Å². The number of hydrogen-bond acceptors (Lipinski definition) is 3. The van der Waals surface area contributed by atoms with Gasteiger partial charge in [-0.05, 0) is 30.3 Å². The highest BCUT2D eigenvalue weighted by molar-refractivity contribution is 6.31. The molecule has 0 unspecified atom stereocenters. The highest BCUT2D eigenvalue weighted by Gasteiger charge is 2.26. The smallest absolute Gasteiger partial charge is 0.339 e. The Morgan fingerprint density at radius 1 is 0.731 bits per heavy atom. The predicted molar refractivity (Wildman–Crippen MR) is 102 cm³/mol. The first-order chi connectivity index (χ1) is 12.5. The third-order valence-corrected chi connectivity index (χ3v) is 4.24. The highest BCUT2D eigenvalue weighted by atomic mass is 35.5. The minimum atomic E-state index is -1.08. The van der Waals surface area contributed by atoms with Crippen molar-refractivity contribution in [2.45, 2.75) is 6.10 Å². The summed E-state index contributed by atoms with van der Waals surface area (Å²) in [5.74, 6) is -0.944. The monoisotopic (exact) mass is 384 g/mol. The zero-order valence-corrected chi connectivity index (χ0v) is 15.1. The molecule has 0 aliphatic heterocycles. The van der Waals surface area contributed by atoms with Crippen LogP contribution in [0.15, 0.2) is 78.9 Å². The number of ether oxygens (including phenoxy) is 1. The highest BCUT2D eigenvalue weighted by Crippen LogP contribution is 2.26.